The molecule has 0 aromatic carbocycles. The van der Waals surface area contributed by atoms with Crippen LogP contribution in [0, 0.1) is 5.92 Å². The summed E-state index contributed by atoms with van der Waals surface area (Å²) < 4.78 is 38.3. The van der Waals surface area contributed by atoms with Crippen molar-refractivity contribution >= 4 is 35.8 Å². The summed E-state index contributed by atoms with van der Waals surface area (Å²) in [4.78, 5) is 15.5. The number of alkyl halides is 3. The molecular formula is C14H26F3IN4O. The average molecular weight is 450 g/mol. The fourth-order valence-corrected chi connectivity index (χ4v) is 2.54. The molecule has 23 heavy (non-hydrogen) atoms. The summed E-state index contributed by atoms with van der Waals surface area (Å²) in [7, 11) is 1.53. The highest BCUT2D eigenvalue weighted by Crippen LogP contribution is 2.37. The van der Waals surface area contributed by atoms with E-state index in [0.29, 0.717) is 18.8 Å². The predicted octanol–water partition coefficient (Wildman–Crippen LogP) is 2.42. The topological polar surface area (TPSA) is 65.5 Å². The fraction of sp³-hybridized carbons (Fsp3) is 0.857. The highest BCUT2D eigenvalue weighted by Gasteiger charge is 2.42. The first-order valence-corrected chi connectivity index (χ1v) is 7.55. The largest absolute Gasteiger partial charge is 0.391 e. The van der Waals surface area contributed by atoms with Crippen LogP contribution in [0.5, 0.6) is 0 Å². The van der Waals surface area contributed by atoms with E-state index >= 15 is 0 Å². The number of amides is 1. The summed E-state index contributed by atoms with van der Waals surface area (Å²) >= 11 is 0. The Labute approximate surface area is 152 Å². The summed E-state index contributed by atoms with van der Waals surface area (Å²) in [6, 6.07) is -0.241. The number of nitrogens with zero attached hydrogens (tertiary/aromatic N) is 1. The molecule has 2 unspecified atom stereocenters. The van der Waals surface area contributed by atoms with Gasteiger partial charge in [0.05, 0.1) is 12.5 Å². The van der Waals surface area contributed by atoms with E-state index in [1.54, 1.807) is 0 Å². The Hall–Kier alpha value is -0.740. The molecule has 1 fully saturated rings. The van der Waals surface area contributed by atoms with Crippen LogP contribution in [0.1, 0.15) is 39.5 Å². The Bertz CT molecular complexity index is 402. The molecule has 0 radical (unpaired) electrons. The third-order valence-corrected chi connectivity index (χ3v) is 3.57. The summed E-state index contributed by atoms with van der Waals surface area (Å²) in [5.74, 6) is -1.09. The van der Waals surface area contributed by atoms with Crippen molar-refractivity contribution in [3.63, 3.8) is 0 Å². The van der Waals surface area contributed by atoms with E-state index in [0.717, 1.165) is 0 Å². The maximum Gasteiger partial charge on any atom is 0.391 e. The van der Waals surface area contributed by atoms with Gasteiger partial charge in [-0.05, 0) is 33.1 Å². The number of carbonyl (C=O) groups excluding carboxylic acids is 1. The monoisotopic (exact) mass is 450 g/mol. The lowest BCUT2D eigenvalue weighted by Gasteiger charge is -2.31. The molecule has 9 heteroatoms. The highest BCUT2D eigenvalue weighted by atomic mass is 127. The first kappa shape index (κ1) is 22.3. The van der Waals surface area contributed by atoms with E-state index in [1.807, 2.05) is 13.8 Å². The van der Waals surface area contributed by atoms with Crippen molar-refractivity contribution < 1.29 is 18.0 Å². The van der Waals surface area contributed by atoms with Gasteiger partial charge in [-0.2, -0.15) is 13.2 Å². The van der Waals surface area contributed by atoms with E-state index in [-0.39, 0.29) is 61.4 Å². The molecule has 0 bridgehead atoms. The van der Waals surface area contributed by atoms with Crippen LogP contribution in [-0.4, -0.2) is 43.7 Å². The van der Waals surface area contributed by atoms with Crippen molar-refractivity contribution in [3.8, 4) is 0 Å². The number of guanidine groups is 1. The zero-order chi connectivity index (χ0) is 16.8. The zero-order valence-electron chi connectivity index (χ0n) is 13.7. The highest BCUT2D eigenvalue weighted by molar-refractivity contribution is 14.0. The summed E-state index contributed by atoms with van der Waals surface area (Å²) in [6.07, 6.45) is -2.71. The van der Waals surface area contributed by atoms with Gasteiger partial charge < -0.3 is 16.0 Å². The van der Waals surface area contributed by atoms with Crippen LogP contribution < -0.4 is 16.0 Å². The van der Waals surface area contributed by atoms with Crippen LogP contribution in [0.25, 0.3) is 0 Å². The minimum Gasteiger partial charge on any atom is -0.354 e. The average Bonchev–Trinajstić information content (AvgIpc) is 2.42. The number of carbonyl (C=O) groups is 1. The minimum atomic E-state index is -4.14. The molecule has 0 heterocycles. The van der Waals surface area contributed by atoms with Gasteiger partial charge in [0.25, 0.3) is 0 Å². The second kappa shape index (κ2) is 10.2. The van der Waals surface area contributed by atoms with Crippen molar-refractivity contribution in [1.29, 1.82) is 0 Å². The Morgan fingerprint density at radius 3 is 2.48 bits per heavy atom. The third kappa shape index (κ3) is 8.61. The molecule has 5 nitrogen and oxygen atoms in total. The molecule has 0 saturated heterocycles. The second-order valence-corrected chi connectivity index (χ2v) is 5.89. The number of rotatable bonds is 4. The Morgan fingerprint density at radius 2 is 1.96 bits per heavy atom. The van der Waals surface area contributed by atoms with Gasteiger partial charge in [0.2, 0.25) is 5.91 Å². The van der Waals surface area contributed by atoms with E-state index in [1.165, 1.54) is 7.05 Å². The standard InChI is InChI=1S/C14H25F3N4O.HI/c1-9(2)20-12(22)8-19-13(18-3)21-11-6-4-5-10(7-11)14(15,16)17;/h9-11H,4-8H2,1-3H3,(H,20,22)(H2,18,19,21);1H. The van der Waals surface area contributed by atoms with E-state index in [2.05, 4.69) is 20.9 Å². The van der Waals surface area contributed by atoms with Gasteiger partial charge in [0.1, 0.15) is 0 Å². The van der Waals surface area contributed by atoms with Crippen LogP contribution in [0.15, 0.2) is 4.99 Å². The van der Waals surface area contributed by atoms with Crippen molar-refractivity contribution in [2.24, 2.45) is 10.9 Å². The predicted molar refractivity (Wildman–Crippen MR) is 95.0 cm³/mol. The van der Waals surface area contributed by atoms with Crippen LogP contribution in [0.4, 0.5) is 13.2 Å². The quantitative estimate of drug-likeness (QED) is 0.350. The second-order valence-electron chi connectivity index (χ2n) is 5.89. The Kier molecular flexibility index (Phi) is 9.86. The number of hydrogen-bond donors (Lipinski definition) is 3. The molecule has 0 aromatic heterocycles. The molecule has 0 aromatic rings. The summed E-state index contributed by atoms with van der Waals surface area (Å²) in [5.41, 5.74) is 0. The van der Waals surface area contributed by atoms with Gasteiger partial charge in [0, 0.05) is 19.1 Å². The molecule has 0 aliphatic heterocycles. The normalized spacial score (nSPS) is 22.3. The zero-order valence-corrected chi connectivity index (χ0v) is 16.0. The van der Waals surface area contributed by atoms with E-state index in [9.17, 15) is 18.0 Å². The summed E-state index contributed by atoms with van der Waals surface area (Å²) in [5, 5.41) is 8.52. The molecule has 3 N–H and O–H groups in total. The van der Waals surface area contributed by atoms with Crippen molar-refractivity contribution in [2.75, 3.05) is 13.6 Å². The van der Waals surface area contributed by atoms with Crippen molar-refractivity contribution in [1.82, 2.24) is 16.0 Å². The van der Waals surface area contributed by atoms with Gasteiger partial charge in [-0.15, -0.1) is 24.0 Å². The SMILES string of the molecule is CN=C(NCC(=O)NC(C)C)NC1CCCC(C(F)(F)F)C1.I. The molecule has 0 spiro atoms. The molecular weight excluding hydrogens is 424 g/mol. The number of aliphatic imine (C=N–C) groups is 1. The van der Waals surface area contributed by atoms with Crippen LogP contribution in [0.3, 0.4) is 0 Å². The third-order valence-electron chi connectivity index (χ3n) is 3.57. The lowest BCUT2D eigenvalue weighted by Crippen LogP contribution is -2.49. The fourth-order valence-electron chi connectivity index (χ4n) is 2.54. The smallest absolute Gasteiger partial charge is 0.354 e. The number of nitrogens with one attached hydrogen (secondary N) is 3. The summed E-state index contributed by atoms with van der Waals surface area (Å²) in [6.45, 7) is 3.74. The minimum absolute atomic E-state index is 0. The molecule has 2 atom stereocenters. The Balaban J connectivity index is 0.00000484. The molecule has 1 saturated carbocycles. The lowest BCUT2D eigenvalue weighted by atomic mass is 9.85. The molecule has 1 aliphatic carbocycles. The maximum atomic E-state index is 12.8. The molecule has 136 valence electrons. The van der Waals surface area contributed by atoms with Crippen molar-refractivity contribution in [3.05, 3.63) is 0 Å². The molecule has 1 amide bonds. The molecule has 1 rings (SSSR count). The first-order valence-electron chi connectivity index (χ1n) is 7.55. The van der Waals surface area contributed by atoms with Gasteiger partial charge in [-0.1, -0.05) is 6.42 Å². The number of hydrogen-bond acceptors (Lipinski definition) is 2. The first-order chi connectivity index (χ1) is 10.2. The Morgan fingerprint density at radius 1 is 1.30 bits per heavy atom. The lowest BCUT2D eigenvalue weighted by molar-refractivity contribution is -0.183. The van der Waals surface area contributed by atoms with E-state index in [4.69, 9.17) is 0 Å². The molecule has 1 aliphatic rings. The van der Waals surface area contributed by atoms with Crippen LogP contribution in [0.2, 0.25) is 0 Å². The van der Waals surface area contributed by atoms with Crippen LogP contribution in [-0.2, 0) is 4.79 Å². The van der Waals surface area contributed by atoms with Gasteiger partial charge >= 0.3 is 6.18 Å². The van der Waals surface area contributed by atoms with Crippen molar-refractivity contribution in [2.45, 2.75) is 57.8 Å². The van der Waals surface area contributed by atoms with Crippen LogP contribution >= 0.6 is 24.0 Å². The van der Waals surface area contributed by atoms with Gasteiger partial charge in [-0.25, -0.2) is 0 Å². The van der Waals surface area contributed by atoms with E-state index < -0.39 is 12.1 Å². The van der Waals surface area contributed by atoms with Gasteiger partial charge in [0.15, 0.2) is 5.96 Å². The van der Waals surface area contributed by atoms with Gasteiger partial charge in [-0.3, -0.25) is 9.79 Å². The number of halogens is 4. The maximum absolute atomic E-state index is 12.8.